The van der Waals surface area contributed by atoms with E-state index in [4.69, 9.17) is 0 Å². The van der Waals surface area contributed by atoms with Crippen LogP contribution >= 0.6 is 12.8 Å². The monoisotopic (exact) mass is 482 g/mol. The Bertz CT molecular complexity index is 1100. The van der Waals surface area contributed by atoms with Crippen molar-refractivity contribution in [3.8, 4) is 11.3 Å². The van der Waals surface area contributed by atoms with Crippen LogP contribution in [0.3, 0.4) is 0 Å². The number of amidine groups is 1. The Morgan fingerprint density at radius 2 is 1.91 bits per heavy atom. The molecule has 2 atom stereocenters. The number of thiol groups is 1. The predicted molar refractivity (Wildman–Crippen MR) is 142 cm³/mol. The molecule has 0 fully saturated rings. The van der Waals surface area contributed by atoms with Gasteiger partial charge in [-0.1, -0.05) is 36.4 Å². The van der Waals surface area contributed by atoms with Crippen LogP contribution in [0.15, 0.2) is 77.9 Å². The fourth-order valence-electron chi connectivity index (χ4n) is 3.66. The molecule has 0 aliphatic heterocycles. The van der Waals surface area contributed by atoms with Gasteiger partial charge in [0.05, 0.1) is 17.7 Å². The second kappa shape index (κ2) is 11.0. The fourth-order valence-corrected chi connectivity index (χ4v) is 3.91. The third-order valence-electron chi connectivity index (χ3n) is 5.92. The zero-order valence-corrected chi connectivity index (χ0v) is 21.0. The molecule has 2 N–H and O–H groups in total. The number of rotatable bonds is 9. The topological polar surface area (TPSA) is 60.8 Å². The van der Waals surface area contributed by atoms with Gasteiger partial charge in [-0.25, -0.2) is 4.39 Å². The summed E-state index contributed by atoms with van der Waals surface area (Å²) in [5.74, 6) is 0.894. The summed E-state index contributed by atoms with van der Waals surface area (Å²) < 4.78 is 14.8. The van der Waals surface area contributed by atoms with Crippen molar-refractivity contribution in [2.75, 3.05) is 26.1 Å². The fraction of sp³-hybridized carbons (Fsp3) is 0.308. The van der Waals surface area contributed by atoms with Crippen molar-refractivity contribution in [3.05, 3.63) is 78.5 Å². The van der Waals surface area contributed by atoms with Crippen molar-refractivity contribution in [2.24, 2.45) is 4.99 Å². The molecule has 3 rings (SSSR count). The number of para-hydroxylation sites is 1. The van der Waals surface area contributed by atoms with Gasteiger partial charge in [-0.3, -0.25) is 9.98 Å². The van der Waals surface area contributed by atoms with Crippen molar-refractivity contribution >= 4 is 30.0 Å². The molecule has 2 aromatic carbocycles. The zero-order valence-electron chi connectivity index (χ0n) is 20.1. The van der Waals surface area contributed by atoms with Gasteiger partial charge in [-0.05, 0) is 44.0 Å². The van der Waals surface area contributed by atoms with E-state index >= 15 is 4.39 Å². The van der Waals surface area contributed by atoms with Gasteiger partial charge in [0.25, 0.3) is 0 Å². The van der Waals surface area contributed by atoms with Crippen LogP contribution in [0.4, 0.5) is 15.8 Å². The second-order valence-electron chi connectivity index (χ2n) is 8.41. The van der Waals surface area contributed by atoms with Gasteiger partial charge in [0, 0.05) is 48.9 Å². The summed E-state index contributed by atoms with van der Waals surface area (Å²) in [6, 6.07) is 20.1. The number of nitrogens with zero attached hydrogens (tertiary/aromatic N) is 4. The minimum Gasteiger partial charge on any atom is -0.364 e. The molecule has 34 heavy (non-hydrogen) atoms. The van der Waals surface area contributed by atoms with Gasteiger partial charge in [-0.2, -0.15) is 10.6 Å². The third kappa shape index (κ3) is 6.34. The number of nitrogens with one attached hydrogen (secondary N) is 1. The SMILES string of the molecule is CCN(C)C(CCC(C)(F)c1cccc(-c2ccc(N[N+](O)(S)c3ccccc3)cn2)c1)=NC. The largest absolute Gasteiger partial charge is 0.364 e. The molecule has 2 unspecified atom stereocenters. The Balaban J connectivity index is 1.74. The molecular formula is C26H33FN5OS+. The van der Waals surface area contributed by atoms with Gasteiger partial charge in [0.15, 0.2) is 0 Å². The van der Waals surface area contributed by atoms with Crippen LogP contribution < -0.4 is 9.59 Å². The summed E-state index contributed by atoms with van der Waals surface area (Å²) in [4.78, 5) is 10.9. The Hall–Kier alpha value is -2.94. The molecule has 3 aromatic rings. The van der Waals surface area contributed by atoms with Gasteiger partial charge >= 0.3 is 0 Å². The molecular weight excluding hydrogens is 449 g/mol. The van der Waals surface area contributed by atoms with Crippen molar-refractivity contribution in [2.45, 2.75) is 32.4 Å². The Morgan fingerprint density at radius 1 is 1.18 bits per heavy atom. The normalized spacial score (nSPS) is 15.3. The van der Waals surface area contributed by atoms with Crippen molar-refractivity contribution < 1.29 is 9.60 Å². The summed E-state index contributed by atoms with van der Waals surface area (Å²) in [5.41, 5.74) is 4.69. The van der Waals surface area contributed by atoms with Crippen molar-refractivity contribution in [3.63, 3.8) is 0 Å². The quantitative estimate of drug-likeness (QED) is 0.111. The standard InChI is InChI=1S/C26H33FN5OS/c1-5-31(4)25(28-3)16-17-26(2,27)21-11-9-10-20(18-21)24-15-14-22(19-29-24)30-32(33,34)23-12-7-6-8-13-23/h6-15,18-19,30,33-34H,5,16-17H2,1-4H3/q+1. The third-order valence-corrected chi connectivity index (χ3v) is 6.25. The van der Waals surface area contributed by atoms with Crippen LogP contribution in [-0.4, -0.2) is 41.6 Å². The molecule has 8 heteroatoms. The smallest absolute Gasteiger partial charge is 0.203 e. The minimum atomic E-state index is -1.50. The molecule has 0 radical (unpaired) electrons. The number of aliphatic imine (C=N–C) groups is 1. The van der Waals surface area contributed by atoms with E-state index in [9.17, 15) is 5.21 Å². The maximum absolute atomic E-state index is 15.7. The van der Waals surface area contributed by atoms with Gasteiger partial charge < -0.3 is 4.90 Å². The number of hydrogen-bond donors (Lipinski definition) is 3. The Morgan fingerprint density at radius 3 is 2.53 bits per heavy atom. The van der Waals surface area contributed by atoms with E-state index in [1.165, 1.54) is 0 Å². The molecule has 0 amide bonds. The second-order valence-corrected chi connectivity index (χ2v) is 8.99. The number of anilines is 1. The number of quaternary nitrogens is 1. The van der Waals surface area contributed by atoms with Gasteiger partial charge in [0.2, 0.25) is 5.69 Å². The van der Waals surface area contributed by atoms with E-state index in [0.29, 0.717) is 35.5 Å². The van der Waals surface area contributed by atoms with E-state index < -0.39 is 9.83 Å². The van der Waals surface area contributed by atoms with Crippen LogP contribution in [0.25, 0.3) is 11.3 Å². The molecule has 6 nitrogen and oxygen atoms in total. The maximum Gasteiger partial charge on any atom is 0.203 e. The highest BCUT2D eigenvalue weighted by Gasteiger charge is 2.28. The van der Waals surface area contributed by atoms with Crippen LogP contribution in [0, 0.1) is 0 Å². The van der Waals surface area contributed by atoms with Crippen LogP contribution in [-0.2, 0) is 5.67 Å². The van der Waals surface area contributed by atoms with Crippen LogP contribution in [0.1, 0.15) is 32.3 Å². The number of alkyl halides is 1. The minimum absolute atomic E-state index is 0.335. The van der Waals surface area contributed by atoms with E-state index in [-0.39, 0.29) is 0 Å². The van der Waals surface area contributed by atoms with Crippen LogP contribution in [0.2, 0.25) is 0 Å². The first kappa shape index (κ1) is 25.7. The predicted octanol–water partition coefficient (Wildman–Crippen LogP) is 6.26. The number of halogens is 1. The number of pyridine rings is 1. The Labute approximate surface area is 206 Å². The molecule has 0 saturated heterocycles. The molecule has 0 aliphatic rings. The average molecular weight is 483 g/mol. The molecule has 0 saturated carbocycles. The molecule has 0 spiro atoms. The first-order chi connectivity index (χ1) is 16.2. The highest BCUT2D eigenvalue weighted by molar-refractivity contribution is 7.79. The van der Waals surface area contributed by atoms with Gasteiger partial charge in [-0.15, -0.1) is 0 Å². The summed E-state index contributed by atoms with van der Waals surface area (Å²) in [6.45, 7) is 4.49. The molecule has 0 aliphatic carbocycles. The molecule has 1 heterocycles. The molecule has 1 aromatic heterocycles. The van der Waals surface area contributed by atoms with E-state index in [1.807, 2.05) is 60.5 Å². The van der Waals surface area contributed by atoms with E-state index in [0.717, 1.165) is 17.9 Å². The first-order valence-corrected chi connectivity index (χ1v) is 11.7. The maximum atomic E-state index is 15.7. The highest BCUT2D eigenvalue weighted by Crippen LogP contribution is 2.33. The van der Waals surface area contributed by atoms with Gasteiger partial charge in [0.1, 0.15) is 24.2 Å². The lowest BCUT2D eigenvalue weighted by atomic mass is 9.91. The lowest BCUT2D eigenvalue weighted by Crippen LogP contribution is -2.41. The lowest BCUT2D eigenvalue weighted by molar-refractivity contribution is 0.0526. The summed E-state index contributed by atoms with van der Waals surface area (Å²) >= 11 is 4.29. The number of aromatic nitrogens is 1. The first-order valence-electron chi connectivity index (χ1n) is 11.3. The zero-order chi connectivity index (χ0) is 24.8. The Kier molecular flexibility index (Phi) is 8.30. The highest BCUT2D eigenvalue weighted by atomic mass is 32.1. The molecule has 0 bridgehead atoms. The summed E-state index contributed by atoms with van der Waals surface area (Å²) in [5, 5.41) is 10.6. The molecule has 180 valence electrons. The van der Waals surface area contributed by atoms with E-state index in [1.54, 1.807) is 38.4 Å². The number of benzene rings is 2. The summed E-state index contributed by atoms with van der Waals surface area (Å²) in [6.07, 6.45) is 2.51. The summed E-state index contributed by atoms with van der Waals surface area (Å²) in [7, 11) is 3.71. The average Bonchev–Trinajstić information content (AvgIpc) is 2.85. The van der Waals surface area contributed by atoms with Crippen LogP contribution in [0.5, 0.6) is 0 Å². The number of hydrogen-bond acceptors (Lipinski definition) is 5. The van der Waals surface area contributed by atoms with Crippen molar-refractivity contribution in [1.82, 2.24) is 14.0 Å². The van der Waals surface area contributed by atoms with E-state index in [2.05, 4.69) is 35.1 Å². The lowest BCUT2D eigenvalue weighted by Gasteiger charge is -2.25. The van der Waals surface area contributed by atoms with Crippen molar-refractivity contribution in [1.29, 1.82) is 0 Å².